The fraction of sp³-hybridized carbons (Fsp3) is 0.478. The predicted molar refractivity (Wildman–Crippen MR) is 121 cm³/mol. The van der Waals surface area contributed by atoms with E-state index in [-0.39, 0.29) is 6.04 Å². The van der Waals surface area contributed by atoms with Crippen LogP contribution < -0.4 is 20.3 Å². The van der Waals surface area contributed by atoms with Gasteiger partial charge in [-0.2, -0.15) is 0 Å². The third kappa shape index (κ3) is 6.48. The molecule has 9 nitrogen and oxygen atoms in total. The molecular formula is C23H32N4O5. The first-order valence-electron chi connectivity index (χ1n) is 10.8. The maximum Gasteiger partial charge on any atom is 0.309 e. The van der Waals surface area contributed by atoms with Crippen LogP contribution in [0.1, 0.15) is 18.2 Å². The number of methoxy groups -OCH3 is 2. The van der Waals surface area contributed by atoms with Crippen LogP contribution in [0.3, 0.4) is 0 Å². The number of benzene rings is 1. The minimum absolute atomic E-state index is 0.145. The summed E-state index contributed by atoms with van der Waals surface area (Å²) in [6, 6.07) is 11.6. The highest BCUT2D eigenvalue weighted by Crippen LogP contribution is 2.25. The van der Waals surface area contributed by atoms with Crippen molar-refractivity contribution < 1.29 is 23.5 Å². The van der Waals surface area contributed by atoms with E-state index in [4.69, 9.17) is 13.9 Å². The average molecular weight is 445 g/mol. The number of ether oxygens (including phenoxy) is 2. The van der Waals surface area contributed by atoms with Crippen molar-refractivity contribution in [1.82, 2.24) is 15.5 Å². The Labute approximate surface area is 188 Å². The summed E-state index contributed by atoms with van der Waals surface area (Å²) in [5.41, 5.74) is 1.15. The molecule has 1 atom stereocenters. The largest absolute Gasteiger partial charge is 0.497 e. The lowest BCUT2D eigenvalue weighted by atomic mass is 10.1. The average Bonchev–Trinajstić information content (AvgIpc) is 3.37. The van der Waals surface area contributed by atoms with Crippen LogP contribution in [-0.2, 0) is 14.3 Å². The lowest BCUT2D eigenvalue weighted by molar-refractivity contribution is -0.139. The number of rotatable bonds is 10. The van der Waals surface area contributed by atoms with Gasteiger partial charge in [-0.05, 0) is 42.8 Å². The normalized spacial score (nSPS) is 15.2. The van der Waals surface area contributed by atoms with E-state index >= 15 is 0 Å². The van der Waals surface area contributed by atoms with Crippen molar-refractivity contribution in [3.8, 4) is 5.75 Å². The molecule has 1 aromatic carbocycles. The molecule has 1 aromatic heterocycles. The Hall–Kier alpha value is -3.04. The van der Waals surface area contributed by atoms with E-state index in [1.807, 2.05) is 24.3 Å². The quantitative estimate of drug-likeness (QED) is 0.423. The molecule has 0 aliphatic carbocycles. The number of carbonyl (C=O) groups is 2. The van der Waals surface area contributed by atoms with Gasteiger partial charge in [0, 0.05) is 58.7 Å². The van der Waals surface area contributed by atoms with Gasteiger partial charge in [0.2, 0.25) is 0 Å². The summed E-state index contributed by atoms with van der Waals surface area (Å²) in [6.07, 6.45) is 2.28. The molecule has 2 aromatic rings. The maximum absolute atomic E-state index is 12.2. The van der Waals surface area contributed by atoms with Crippen LogP contribution in [0.4, 0.5) is 5.69 Å². The smallest absolute Gasteiger partial charge is 0.309 e. The van der Waals surface area contributed by atoms with Crippen LogP contribution >= 0.6 is 0 Å². The molecule has 2 N–H and O–H groups in total. The van der Waals surface area contributed by atoms with E-state index in [2.05, 4.69) is 32.6 Å². The number of carbonyl (C=O) groups excluding carboxylic acids is 2. The first-order valence-corrected chi connectivity index (χ1v) is 10.8. The van der Waals surface area contributed by atoms with Gasteiger partial charge in [-0.1, -0.05) is 0 Å². The summed E-state index contributed by atoms with van der Waals surface area (Å²) in [5.74, 6) is 0.326. The highest BCUT2D eigenvalue weighted by molar-refractivity contribution is 6.35. The summed E-state index contributed by atoms with van der Waals surface area (Å²) in [7, 11) is 3.26. The Morgan fingerprint density at radius 3 is 2.38 bits per heavy atom. The van der Waals surface area contributed by atoms with Gasteiger partial charge in [-0.25, -0.2) is 0 Å². The molecule has 0 unspecified atom stereocenters. The van der Waals surface area contributed by atoms with Gasteiger partial charge in [-0.3, -0.25) is 14.5 Å². The third-order valence-electron chi connectivity index (χ3n) is 5.54. The van der Waals surface area contributed by atoms with Gasteiger partial charge in [0.1, 0.15) is 11.5 Å². The first-order chi connectivity index (χ1) is 15.6. The Kier molecular flexibility index (Phi) is 8.94. The van der Waals surface area contributed by atoms with Crippen LogP contribution in [0.25, 0.3) is 0 Å². The molecule has 0 spiro atoms. The van der Waals surface area contributed by atoms with Crippen molar-refractivity contribution in [1.29, 1.82) is 0 Å². The van der Waals surface area contributed by atoms with Crippen molar-refractivity contribution in [3.05, 3.63) is 48.4 Å². The standard InChI is InChI=1S/C23H32N4O5/c1-30-15-4-10-24-22(28)23(29)25-17-20(21-5-3-16-32-21)27-13-11-26(12-14-27)18-6-8-19(31-2)9-7-18/h3,5-9,16,20H,4,10-15,17H2,1-2H3,(H,24,28)(H,25,29)/t20-/m0/s1. The van der Waals surface area contributed by atoms with Crippen LogP contribution in [0.2, 0.25) is 0 Å². The van der Waals surface area contributed by atoms with Crippen molar-refractivity contribution in [2.75, 3.05) is 65.0 Å². The van der Waals surface area contributed by atoms with E-state index in [1.165, 1.54) is 0 Å². The Morgan fingerprint density at radius 1 is 1.03 bits per heavy atom. The second-order valence-electron chi connectivity index (χ2n) is 7.56. The van der Waals surface area contributed by atoms with Crippen LogP contribution in [0.5, 0.6) is 5.75 Å². The molecule has 1 aliphatic heterocycles. The Bertz CT molecular complexity index is 833. The zero-order valence-corrected chi connectivity index (χ0v) is 18.7. The Balaban J connectivity index is 1.54. The van der Waals surface area contributed by atoms with Crippen molar-refractivity contribution >= 4 is 17.5 Å². The van der Waals surface area contributed by atoms with E-state index in [0.29, 0.717) is 26.1 Å². The number of amides is 2. The SMILES string of the molecule is COCCCNC(=O)C(=O)NC[C@@H](c1ccco1)N1CCN(c2ccc(OC)cc2)CC1. The molecule has 1 fully saturated rings. The maximum atomic E-state index is 12.2. The molecule has 32 heavy (non-hydrogen) atoms. The summed E-state index contributed by atoms with van der Waals surface area (Å²) < 4.78 is 15.8. The molecule has 2 amide bonds. The lowest BCUT2D eigenvalue weighted by Crippen LogP contribution is -2.50. The summed E-state index contributed by atoms with van der Waals surface area (Å²) in [5, 5.41) is 5.36. The summed E-state index contributed by atoms with van der Waals surface area (Å²) in [4.78, 5) is 28.8. The van der Waals surface area contributed by atoms with Crippen molar-refractivity contribution in [2.24, 2.45) is 0 Å². The molecule has 1 aliphatic rings. The van der Waals surface area contributed by atoms with E-state index < -0.39 is 11.8 Å². The van der Waals surface area contributed by atoms with E-state index in [0.717, 1.165) is 43.4 Å². The highest BCUT2D eigenvalue weighted by atomic mass is 16.5. The number of furan rings is 1. The van der Waals surface area contributed by atoms with Gasteiger partial charge >= 0.3 is 11.8 Å². The first kappa shape index (κ1) is 23.6. The van der Waals surface area contributed by atoms with Gasteiger partial charge in [0.15, 0.2) is 0 Å². The molecule has 0 bridgehead atoms. The zero-order chi connectivity index (χ0) is 22.8. The number of hydrogen-bond acceptors (Lipinski definition) is 7. The summed E-state index contributed by atoms with van der Waals surface area (Å²) >= 11 is 0. The monoisotopic (exact) mass is 444 g/mol. The number of piperazine rings is 1. The molecule has 9 heteroatoms. The van der Waals surface area contributed by atoms with Gasteiger partial charge in [-0.15, -0.1) is 0 Å². The highest BCUT2D eigenvalue weighted by Gasteiger charge is 2.28. The minimum Gasteiger partial charge on any atom is -0.497 e. The molecule has 174 valence electrons. The Morgan fingerprint density at radius 2 is 1.75 bits per heavy atom. The second kappa shape index (κ2) is 12.1. The molecule has 0 radical (unpaired) electrons. The second-order valence-corrected chi connectivity index (χ2v) is 7.56. The molecule has 1 saturated heterocycles. The number of nitrogens with one attached hydrogen (secondary N) is 2. The summed E-state index contributed by atoms with van der Waals surface area (Å²) in [6.45, 7) is 4.52. The van der Waals surface area contributed by atoms with E-state index in [1.54, 1.807) is 20.5 Å². The minimum atomic E-state index is -0.643. The van der Waals surface area contributed by atoms with Crippen molar-refractivity contribution in [3.63, 3.8) is 0 Å². The van der Waals surface area contributed by atoms with Crippen LogP contribution in [0, 0.1) is 0 Å². The molecule has 0 saturated carbocycles. The molecule has 3 rings (SSSR count). The molecule has 2 heterocycles. The van der Waals surface area contributed by atoms with Crippen LogP contribution in [0.15, 0.2) is 47.1 Å². The van der Waals surface area contributed by atoms with Crippen molar-refractivity contribution in [2.45, 2.75) is 12.5 Å². The number of nitrogens with zero attached hydrogens (tertiary/aromatic N) is 2. The fourth-order valence-electron chi connectivity index (χ4n) is 3.74. The number of hydrogen-bond donors (Lipinski definition) is 2. The topological polar surface area (TPSA) is 96.3 Å². The van der Waals surface area contributed by atoms with E-state index in [9.17, 15) is 9.59 Å². The van der Waals surface area contributed by atoms with Gasteiger partial charge in [0.05, 0.1) is 19.4 Å². The van der Waals surface area contributed by atoms with Gasteiger partial charge < -0.3 is 29.4 Å². The number of anilines is 1. The zero-order valence-electron chi connectivity index (χ0n) is 18.7. The van der Waals surface area contributed by atoms with Crippen LogP contribution in [-0.4, -0.2) is 76.8 Å². The lowest BCUT2D eigenvalue weighted by Gasteiger charge is -2.39. The fourth-order valence-corrected chi connectivity index (χ4v) is 3.74. The predicted octanol–water partition coefficient (Wildman–Crippen LogP) is 1.42. The molecular weight excluding hydrogens is 412 g/mol. The third-order valence-corrected chi connectivity index (χ3v) is 5.54. The van der Waals surface area contributed by atoms with Gasteiger partial charge in [0.25, 0.3) is 0 Å².